The third-order valence-electron chi connectivity index (χ3n) is 3.33. The Balaban J connectivity index is 2.40. The van der Waals surface area contributed by atoms with Crippen LogP contribution < -0.4 is 5.32 Å². The molecule has 0 bridgehead atoms. The summed E-state index contributed by atoms with van der Waals surface area (Å²) < 4.78 is 26.9. The number of nitrogens with zero attached hydrogens (tertiary/aromatic N) is 1. The van der Waals surface area contributed by atoms with Gasteiger partial charge in [0.2, 0.25) is 10.0 Å². The number of benzene rings is 1. The van der Waals surface area contributed by atoms with Crippen molar-refractivity contribution in [1.82, 2.24) is 9.62 Å². The third kappa shape index (κ3) is 2.43. The highest BCUT2D eigenvalue weighted by Crippen LogP contribution is 2.26. The van der Waals surface area contributed by atoms with E-state index in [4.69, 9.17) is 0 Å². The Hall–Kier alpha value is -0.910. The highest BCUT2D eigenvalue weighted by molar-refractivity contribution is 7.89. The van der Waals surface area contributed by atoms with Crippen LogP contribution in [0.3, 0.4) is 0 Å². The summed E-state index contributed by atoms with van der Waals surface area (Å²) in [7, 11) is -3.41. The van der Waals surface area contributed by atoms with Gasteiger partial charge in [-0.2, -0.15) is 4.31 Å². The molecule has 1 aromatic rings. The molecule has 1 fully saturated rings. The number of piperazine rings is 1. The fraction of sp³-hybridized carbons (Fsp3) is 0.538. The second-order valence-electron chi connectivity index (χ2n) is 5.44. The van der Waals surface area contributed by atoms with Gasteiger partial charge in [0, 0.05) is 24.7 Å². The topological polar surface area (TPSA) is 49.4 Å². The Kier molecular flexibility index (Phi) is 3.49. The summed E-state index contributed by atoms with van der Waals surface area (Å²) in [6.07, 6.45) is 0. The molecule has 0 radical (unpaired) electrons. The second-order valence-corrected chi connectivity index (χ2v) is 7.31. The average Bonchev–Trinajstić information content (AvgIpc) is 2.33. The molecule has 1 aromatic carbocycles. The lowest BCUT2D eigenvalue weighted by atomic mass is 10.0. The second kappa shape index (κ2) is 4.64. The van der Waals surface area contributed by atoms with Crippen LogP contribution >= 0.6 is 0 Å². The quantitative estimate of drug-likeness (QED) is 0.883. The van der Waals surface area contributed by atoms with Crippen LogP contribution in [0.25, 0.3) is 0 Å². The lowest BCUT2D eigenvalue weighted by molar-refractivity contribution is 0.158. The molecule has 1 aliphatic rings. The molecule has 1 N–H and O–H groups in total. The number of rotatable bonds is 2. The first-order valence-corrected chi connectivity index (χ1v) is 7.59. The van der Waals surface area contributed by atoms with E-state index in [2.05, 4.69) is 5.32 Å². The smallest absolute Gasteiger partial charge is 0.243 e. The molecular weight excluding hydrogens is 248 g/mol. The minimum atomic E-state index is -3.41. The van der Waals surface area contributed by atoms with E-state index in [1.807, 2.05) is 26.8 Å². The van der Waals surface area contributed by atoms with E-state index in [9.17, 15) is 8.42 Å². The number of hydrogen-bond donors (Lipinski definition) is 1. The van der Waals surface area contributed by atoms with Crippen LogP contribution in [0.5, 0.6) is 0 Å². The normalized spacial score (nSPS) is 24.9. The Morgan fingerprint density at radius 2 is 1.89 bits per heavy atom. The van der Waals surface area contributed by atoms with E-state index in [-0.39, 0.29) is 6.04 Å². The standard InChI is InChI=1S/C13H20N2O2S/c1-11-9-15(13(2,3)10-14-11)18(16,17)12-7-5-4-6-8-12/h4-8,11,14H,9-10H2,1-3H3. The summed E-state index contributed by atoms with van der Waals surface area (Å²) in [4.78, 5) is 0.368. The van der Waals surface area contributed by atoms with Gasteiger partial charge in [0.1, 0.15) is 0 Å². The van der Waals surface area contributed by atoms with Gasteiger partial charge in [-0.3, -0.25) is 0 Å². The van der Waals surface area contributed by atoms with Crippen LogP contribution in [0.4, 0.5) is 0 Å². The van der Waals surface area contributed by atoms with Gasteiger partial charge in [0.25, 0.3) is 0 Å². The molecule has 1 saturated heterocycles. The van der Waals surface area contributed by atoms with Crippen molar-refractivity contribution in [2.24, 2.45) is 0 Å². The van der Waals surface area contributed by atoms with Gasteiger partial charge in [-0.1, -0.05) is 18.2 Å². The van der Waals surface area contributed by atoms with Crippen LogP contribution in [-0.2, 0) is 10.0 Å². The average molecular weight is 268 g/mol. The van der Waals surface area contributed by atoms with E-state index in [1.165, 1.54) is 0 Å². The Labute approximate surface area is 109 Å². The summed E-state index contributed by atoms with van der Waals surface area (Å²) in [5.41, 5.74) is -0.402. The van der Waals surface area contributed by atoms with Crippen molar-refractivity contribution < 1.29 is 8.42 Å². The summed E-state index contributed by atoms with van der Waals surface area (Å²) in [5.74, 6) is 0. The largest absolute Gasteiger partial charge is 0.311 e. The molecule has 5 heteroatoms. The third-order valence-corrected chi connectivity index (χ3v) is 5.42. The zero-order chi connectivity index (χ0) is 13.4. The molecule has 4 nitrogen and oxygen atoms in total. The molecule has 1 atom stereocenters. The van der Waals surface area contributed by atoms with Crippen LogP contribution in [-0.4, -0.2) is 37.4 Å². The maximum atomic E-state index is 12.6. The number of sulfonamides is 1. The SMILES string of the molecule is CC1CN(S(=O)(=O)c2ccccc2)C(C)(C)CN1. The van der Waals surface area contributed by atoms with E-state index >= 15 is 0 Å². The van der Waals surface area contributed by atoms with Gasteiger partial charge >= 0.3 is 0 Å². The number of hydrogen-bond acceptors (Lipinski definition) is 3. The zero-order valence-electron chi connectivity index (χ0n) is 11.1. The molecule has 2 rings (SSSR count). The van der Waals surface area contributed by atoms with Gasteiger partial charge in [-0.15, -0.1) is 0 Å². The van der Waals surface area contributed by atoms with E-state index in [0.717, 1.165) is 0 Å². The summed E-state index contributed by atoms with van der Waals surface area (Å²) in [6, 6.07) is 8.81. The molecule has 1 heterocycles. The molecule has 0 amide bonds. The maximum absolute atomic E-state index is 12.6. The Morgan fingerprint density at radius 3 is 2.50 bits per heavy atom. The lowest BCUT2D eigenvalue weighted by Crippen LogP contribution is -2.62. The zero-order valence-corrected chi connectivity index (χ0v) is 11.9. The summed E-state index contributed by atoms with van der Waals surface area (Å²) >= 11 is 0. The van der Waals surface area contributed by atoms with Gasteiger partial charge in [-0.05, 0) is 32.9 Å². The fourth-order valence-corrected chi connectivity index (χ4v) is 4.11. The first-order valence-electron chi connectivity index (χ1n) is 6.15. The first kappa shape index (κ1) is 13.5. The summed E-state index contributed by atoms with van der Waals surface area (Å²) in [5, 5.41) is 3.32. The summed E-state index contributed by atoms with van der Waals surface area (Å²) in [6.45, 7) is 7.08. The van der Waals surface area contributed by atoms with Gasteiger partial charge < -0.3 is 5.32 Å². The highest BCUT2D eigenvalue weighted by atomic mass is 32.2. The van der Waals surface area contributed by atoms with E-state index in [1.54, 1.807) is 28.6 Å². The van der Waals surface area contributed by atoms with Gasteiger partial charge in [-0.25, -0.2) is 8.42 Å². The van der Waals surface area contributed by atoms with Crippen LogP contribution in [0.15, 0.2) is 35.2 Å². The minimum Gasteiger partial charge on any atom is -0.311 e. The Morgan fingerprint density at radius 1 is 1.28 bits per heavy atom. The van der Waals surface area contributed by atoms with E-state index < -0.39 is 15.6 Å². The lowest BCUT2D eigenvalue weighted by Gasteiger charge is -2.44. The first-order chi connectivity index (χ1) is 8.34. The van der Waals surface area contributed by atoms with Crippen LogP contribution in [0.1, 0.15) is 20.8 Å². The fourth-order valence-electron chi connectivity index (χ4n) is 2.22. The van der Waals surface area contributed by atoms with Crippen molar-refractivity contribution in [3.05, 3.63) is 30.3 Å². The van der Waals surface area contributed by atoms with Crippen molar-refractivity contribution in [1.29, 1.82) is 0 Å². The molecule has 1 unspecified atom stereocenters. The predicted molar refractivity (Wildman–Crippen MR) is 71.9 cm³/mol. The van der Waals surface area contributed by atoms with Crippen molar-refractivity contribution in [3.63, 3.8) is 0 Å². The van der Waals surface area contributed by atoms with Gasteiger partial charge in [0.05, 0.1) is 4.90 Å². The molecule has 0 saturated carbocycles. The van der Waals surface area contributed by atoms with Gasteiger partial charge in [0.15, 0.2) is 0 Å². The predicted octanol–water partition coefficient (Wildman–Crippen LogP) is 1.45. The molecule has 0 aliphatic carbocycles. The van der Waals surface area contributed by atoms with Crippen molar-refractivity contribution in [2.75, 3.05) is 13.1 Å². The number of nitrogens with one attached hydrogen (secondary N) is 1. The molecular formula is C13H20N2O2S. The maximum Gasteiger partial charge on any atom is 0.243 e. The molecule has 100 valence electrons. The molecule has 18 heavy (non-hydrogen) atoms. The molecule has 0 aromatic heterocycles. The van der Waals surface area contributed by atoms with Crippen molar-refractivity contribution in [2.45, 2.75) is 37.2 Å². The highest BCUT2D eigenvalue weighted by Gasteiger charge is 2.40. The van der Waals surface area contributed by atoms with E-state index in [0.29, 0.717) is 18.0 Å². The monoisotopic (exact) mass is 268 g/mol. The minimum absolute atomic E-state index is 0.177. The van der Waals surface area contributed by atoms with Crippen molar-refractivity contribution in [3.8, 4) is 0 Å². The molecule has 1 aliphatic heterocycles. The van der Waals surface area contributed by atoms with Crippen molar-refractivity contribution >= 4 is 10.0 Å². The van der Waals surface area contributed by atoms with Crippen LogP contribution in [0.2, 0.25) is 0 Å². The van der Waals surface area contributed by atoms with Crippen LogP contribution in [0, 0.1) is 0 Å². The Bertz CT molecular complexity index is 511. The molecule has 0 spiro atoms.